The minimum atomic E-state index is -3.48. The van der Waals surface area contributed by atoms with Crippen LogP contribution in [0, 0.1) is 0 Å². The Kier molecular flexibility index (Phi) is 7.40. The van der Waals surface area contributed by atoms with Crippen molar-refractivity contribution in [3.05, 3.63) is 60.8 Å². The summed E-state index contributed by atoms with van der Waals surface area (Å²) in [5.41, 5.74) is 3.23. The molecule has 2 N–H and O–H groups in total. The quantitative estimate of drug-likeness (QED) is 0.324. The van der Waals surface area contributed by atoms with Crippen LogP contribution in [0.3, 0.4) is 0 Å². The van der Waals surface area contributed by atoms with Gasteiger partial charge in [0.2, 0.25) is 16.0 Å². The molecule has 4 aromatic rings. The van der Waals surface area contributed by atoms with Gasteiger partial charge in [0.15, 0.2) is 5.82 Å². The van der Waals surface area contributed by atoms with E-state index in [4.69, 9.17) is 10.1 Å². The summed E-state index contributed by atoms with van der Waals surface area (Å²) >= 11 is 0. The SMILES string of the molecule is CN(c1nccnc1Cn1ccc2cnc(Nc3ccc(N4CCN(CCO)CC4)cc3)nc21)S(C)(=O)=O. The molecule has 3 aromatic heterocycles. The van der Waals surface area contributed by atoms with Gasteiger partial charge < -0.3 is 19.9 Å². The second-order valence-electron chi connectivity index (χ2n) is 9.20. The maximum Gasteiger partial charge on any atom is 0.233 e. The van der Waals surface area contributed by atoms with E-state index in [1.54, 1.807) is 12.4 Å². The van der Waals surface area contributed by atoms with E-state index in [1.165, 1.54) is 13.2 Å². The van der Waals surface area contributed by atoms with Crippen LogP contribution in [0.4, 0.5) is 23.1 Å². The smallest absolute Gasteiger partial charge is 0.233 e. The number of sulfonamides is 1. The Labute approximate surface area is 221 Å². The molecule has 12 nitrogen and oxygen atoms in total. The fourth-order valence-corrected chi connectivity index (χ4v) is 4.93. The number of aliphatic hydroxyl groups is 1. The number of β-amino-alcohol motifs (C(OH)–C–C–N with tert-alkyl or cyclic N) is 1. The van der Waals surface area contributed by atoms with Crippen molar-refractivity contribution in [3.8, 4) is 0 Å². The van der Waals surface area contributed by atoms with Gasteiger partial charge in [-0.2, -0.15) is 4.98 Å². The molecule has 1 aliphatic heterocycles. The lowest BCUT2D eigenvalue weighted by Gasteiger charge is -2.35. The van der Waals surface area contributed by atoms with Gasteiger partial charge in [0.1, 0.15) is 11.3 Å². The van der Waals surface area contributed by atoms with Gasteiger partial charge in [-0.3, -0.25) is 14.2 Å². The van der Waals surface area contributed by atoms with Crippen molar-refractivity contribution in [1.29, 1.82) is 0 Å². The first kappa shape index (κ1) is 25.8. The van der Waals surface area contributed by atoms with Crippen molar-refractivity contribution >= 4 is 44.2 Å². The standard InChI is InChI=1S/C25H31N9O3S/c1-31(38(2,36)37)24-22(26-8-9-27-24)18-34-10-7-19-17-28-25(30-23(19)34)29-20-3-5-21(6-4-20)33-13-11-32(12-14-33)15-16-35/h3-10,17,35H,11-16,18H2,1-2H3,(H,28,29,30). The summed E-state index contributed by atoms with van der Waals surface area (Å²) in [5, 5.41) is 13.3. The highest BCUT2D eigenvalue weighted by Gasteiger charge is 2.19. The Bertz CT molecular complexity index is 1500. The lowest BCUT2D eigenvalue weighted by Crippen LogP contribution is -2.47. The Morgan fingerprint density at radius 1 is 1.03 bits per heavy atom. The summed E-state index contributed by atoms with van der Waals surface area (Å²) in [6, 6.07) is 10.1. The average molecular weight is 538 g/mol. The van der Waals surface area contributed by atoms with Crippen LogP contribution in [0.25, 0.3) is 11.0 Å². The third kappa shape index (κ3) is 5.69. The first-order valence-corrected chi connectivity index (χ1v) is 14.2. The molecule has 0 amide bonds. The van der Waals surface area contributed by atoms with Crippen molar-refractivity contribution in [2.45, 2.75) is 6.54 Å². The number of aromatic nitrogens is 5. The normalized spacial score (nSPS) is 14.7. The first-order chi connectivity index (χ1) is 18.3. The van der Waals surface area contributed by atoms with Gasteiger partial charge in [0.25, 0.3) is 0 Å². The number of rotatable bonds is 9. The summed E-state index contributed by atoms with van der Waals surface area (Å²) in [4.78, 5) is 22.4. The highest BCUT2D eigenvalue weighted by Crippen LogP contribution is 2.24. The predicted octanol–water partition coefficient (Wildman–Crippen LogP) is 1.52. The third-order valence-electron chi connectivity index (χ3n) is 6.65. The third-order valence-corrected chi connectivity index (χ3v) is 7.81. The molecule has 5 rings (SSSR count). The molecule has 0 radical (unpaired) electrons. The molecule has 0 unspecified atom stereocenters. The molecule has 0 bridgehead atoms. The van der Waals surface area contributed by atoms with Crippen LogP contribution in [0.2, 0.25) is 0 Å². The lowest BCUT2D eigenvalue weighted by atomic mass is 10.2. The van der Waals surface area contributed by atoms with E-state index in [0.29, 0.717) is 23.8 Å². The Hall–Kier alpha value is -3.81. The van der Waals surface area contributed by atoms with Gasteiger partial charge in [-0.1, -0.05) is 0 Å². The number of nitrogens with one attached hydrogen (secondary N) is 1. The monoisotopic (exact) mass is 537 g/mol. The predicted molar refractivity (Wildman–Crippen MR) is 147 cm³/mol. The Morgan fingerprint density at radius 2 is 1.76 bits per heavy atom. The molecule has 1 aromatic carbocycles. The Balaban J connectivity index is 1.31. The highest BCUT2D eigenvalue weighted by molar-refractivity contribution is 7.92. The molecule has 1 saturated heterocycles. The molecule has 0 spiro atoms. The molecule has 0 aliphatic carbocycles. The number of hydrogen-bond donors (Lipinski definition) is 2. The molecule has 1 fully saturated rings. The molecule has 1 aliphatic rings. The molecule has 0 saturated carbocycles. The maximum absolute atomic E-state index is 12.1. The molecular weight excluding hydrogens is 506 g/mol. The minimum Gasteiger partial charge on any atom is -0.395 e. The van der Waals surface area contributed by atoms with Crippen LogP contribution in [-0.2, 0) is 16.6 Å². The zero-order valence-electron chi connectivity index (χ0n) is 21.4. The van der Waals surface area contributed by atoms with Gasteiger partial charge in [-0.25, -0.2) is 18.4 Å². The summed E-state index contributed by atoms with van der Waals surface area (Å²) in [5.74, 6) is 0.731. The topological polar surface area (TPSA) is 133 Å². The van der Waals surface area contributed by atoms with Crippen molar-refractivity contribution in [1.82, 2.24) is 29.4 Å². The number of fused-ring (bicyclic) bond motifs is 1. The van der Waals surface area contributed by atoms with Gasteiger partial charge in [0.05, 0.1) is 19.4 Å². The summed E-state index contributed by atoms with van der Waals surface area (Å²) < 4.78 is 27.2. The van der Waals surface area contributed by atoms with Crippen LogP contribution in [-0.4, -0.2) is 95.6 Å². The fraction of sp³-hybridized carbons (Fsp3) is 0.360. The van der Waals surface area contributed by atoms with Crippen LogP contribution in [0.5, 0.6) is 0 Å². The summed E-state index contributed by atoms with van der Waals surface area (Å²) in [6.45, 7) is 4.95. The van der Waals surface area contributed by atoms with Gasteiger partial charge in [-0.15, -0.1) is 0 Å². The largest absolute Gasteiger partial charge is 0.395 e. The number of nitrogens with zero attached hydrogens (tertiary/aromatic N) is 8. The van der Waals surface area contributed by atoms with Crippen molar-refractivity contribution in [2.24, 2.45) is 0 Å². The number of anilines is 4. The second kappa shape index (κ2) is 10.9. The summed E-state index contributed by atoms with van der Waals surface area (Å²) in [6.07, 6.45) is 7.77. The van der Waals surface area contributed by atoms with E-state index in [9.17, 15) is 8.42 Å². The van der Waals surface area contributed by atoms with E-state index in [0.717, 1.165) is 60.0 Å². The maximum atomic E-state index is 12.1. The highest BCUT2D eigenvalue weighted by atomic mass is 32.2. The Morgan fingerprint density at radius 3 is 2.47 bits per heavy atom. The number of hydrogen-bond acceptors (Lipinski definition) is 10. The van der Waals surface area contributed by atoms with Gasteiger partial charge in [-0.05, 0) is 30.3 Å². The van der Waals surface area contributed by atoms with Crippen LogP contribution in [0.1, 0.15) is 5.69 Å². The molecular formula is C25H31N9O3S. The van der Waals surface area contributed by atoms with Crippen molar-refractivity contribution < 1.29 is 13.5 Å². The first-order valence-electron chi connectivity index (χ1n) is 12.3. The van der Waals surface area contributed by atoms with E-state index in [1.807, 2.05) is 29.0 Å². The summed E-state index contributed by atoms with van der Waals surface area (Å²) in [7, 11) is -2.02. The average Bonchev–Trinajstić information content (AvgIpc) is 3.31. The van der Waals surface area contributed by atoms with Gasteiger partial charge >= 0.3 is 0 Å². The second-order valence-corrected chi connectivity index (χ2v) is 11.2. The van der Waals surface area contributed by atoms with E-state index < -0.39 is 10.0 Å². The van der Waals surface area contributed by atoms with Crippen LogP contribution in [0.15, 0.2) is 55.1 Å². The van der Waals surface area contributed by atoms with E-state index in [-0.39, 0.29) is 12.4 Å². The molecule has 200 valence electrons. The van der Waals surface area contributed by atoms with Crippen molar-refractivity contribution in [3.63, 3.8) is 0 Å². The zero-order valence-corrected chi connectivity index (χ0v) is 22.2. The van der Waals surface area contributed by atoms with E-state index in [2.05, 4.69) is 42.2 Å². The van der Waals surface area contributed by atoms with E-state index >= 15 is 0 Å². The molecule has 4 heterocycles. The number of benzene rings is 1. The minimum absolute atomic E-state index is 0.195. The molecule has 13 heteroatoms. The van der Waals surface area contributed by atoms with Crippen molar-refractivity contribution in [2.75, 3.05) is 67.2 Å². The van der Waals surface area contributed by atoms with Crippen LogP contribution < -0.4 is 14.5 Å². The van der Waals surface area contributed by atoms with Gasteiger partial charge in [0, 0.05) is 81.3 Å². The fourth-order valence-electron chi connectivity index (χ4n) is 4.47. The lowest BCUT2D eigenvalue weighted by molar-refractivity contribution is 0.189. The number of aliphatic hydroxyl groups excluding tert-OH is 1. The number of piperazine rings is 1. The zero-order chi connectivity index (χ0) is 26.7. The molecule has 38 heavy (non-hydrogen) atoms. The van der Waals surface area contributed by atoms with Crippen LogP contribution >= 0.6 is 0 Å². The molecule has 0 atom stereocenters.